The van der Waals surface area contributed by atoms with Gasteiger partial charge in [0.05, 0.1) is 6.04 Å². The predicted molar refractivity (Wildman–Crippen MR) is 124 cm³/mol. The number of nitrogens with one attached hydrogen (secondary N) is 2. The number of rotatable bonds is 12. The number of carbonyl (C=O) groups is 3. The highest BCUT2D eigenvalue weighted by Crippen LogP contribution is 2.11. The molecular weight excluding hydrogens is 430 g/mol. The fraction of sp³-hybridized carbons (Fsp3) is 0.348. The van der Waals surface area contributed by atoms with E-state index < -0.39 is 35.9 Å². The average Bonchev–Trinajstić information content (AvgIpc) is 2.78. The Hall–Kier alpha value is -3.04. The average molecular weight is 460 g/mol. The molecule has 172 valence electrons. The Morgan fingerprint density at radius 3 is 2.09 bits per heavy atom. The number of hydrogen-bond donors (Lipinski definition) is 5. The van der Waals surface area contributed by atoms with Gasteiger partial charge in [0, 0.05) is 12.2 Å². The summed E-state index contributed by atoms with van der Waals surface area (Å²) in [5.74, 6) is -1.10. The number of aliphatic carboxylic acids is 1. The second kappa shape index (κ2) is 12.7. The van der Waals surface area contributed by atoms with Gasteiger partial charge >= 0.3 is 5.97 Å². The van der Waals surface area contributed by atoms with E-state index in [1.54, 1.807) is 36.4 Å². The SMILES string of the molecule is CCSC[C@H](NC(=O)[C@@H](N)Cc1ccc(O)cc1)C(=O)N[C@@H](Cc1ccccc1)C(=O)O. The Bertz CT molecular complexity index is 892. The van der Waals surface area contributed by atoms with Gasteiger partial charge in [0.1, 0.15) is 17.8 Å². The van der Waals surface area contributed by atoms with Gasteiger partial charge in [-0.05, 0) is 35.4 Å². The first kappa shape index (κ1) is 25.2. The van der Waals surface area contributed by atoms with E-state index in [9.17, 15) is 24.6 Å². The topological polar surface area (TPSA) is 142 Å². The molecule has 0 fully saturated rings. The molecule has 9 heteroatoms. The maximum atomic E-state index is 12.8. The fourth-order valence-corrected chi connectivity index (χ4v) is 3.70. The molecule has 0 spiro atoms. The second-order valence-corrected chi connectivity index (χ2v) is 8.61. The Labute approximate surface area is 191 Å². The Balaban J connectivity index is 2.02. The zero-order valence-corrected chi connectivity index (χ0v) is 18.7. The highest BCUT2D eigenvalue weighted by molar-refractivity contribution is 7.99. The lowest BCUT2D eigenvalue weighted by atomic mass is 10.0. The third-order valence-electron chi connectivity index (χ3n) is 4.75. The fourth-order valence-electron chi connectivity index (χ4n) is 3.00. The van der Waals surface area contributed by atoms with E-state index in [0.717, 1.165) is 16.9 Å². The van der Waals surface area contributed by atoms with Crippen molar-refractivity contribution in [3.05, 3.63) is 65.7 Å². The van der Waals surface area contributed by atoms with Crippen molar-refractivity contribution in [1.82, 2.24) is 10.6 Å². The minimum absolute atomic E-state index is 0.114. The molecule has 0 aliphatic carbocycles. The van der Waals surface area contributed by atoms with Gasteiger partial charge in [-0.1, -0.05) is 49.4 Å². The predicted octanol–water partition coefficient (Wildman–Crippen LogP) is 1.31. The van der Waals surface area contributed by atoms with E-state index in [1.165, 1.54) is 23.9 Å². The molecule has 0 bridgehead atoms. The van der Waals surface area contributed by atoms with Crippen molar-refractivity contribution >= 4 is 29.5 Å². The Kier molecular flexibility index (Phi) is 10.0. The first-order chi connectivity index (χ1) is 15.3. The molecule has 2 aromatic carbocycles. The van der Waals surface area contributed by atoms with Crippen LogP contribution in [0.5, 0.6) is 5.75 Å². The summed E-state index contributed by atoms with van der Waals surface area (Å²) in [6.45, 7) is 1.92. The van der Waals surface area contributed by atoms with Crippen LogP contribution in [0.2, 0.25) is 0 Å². The number of carboxylic acid groups (broad SMARTS) is 1. The molecule has 0 saturated heterocycles. The van der Waals surface area contributed by atoms with E-state index in [4.69, 9.17) is 5.73 Å². The molecule has 3 atom stereocenters. The molecule has 2 aromatic rings. The lowest BCUT2D eigenvalue weighted by Crippen LogP contribution is -2.56. The number of phenolic OH excluding ortho intramolecular Hbond substituents is 1. The lowest BCUT2D eigenvalue weighted by Gasteiger charge is -2.23. The van der Waals surface area contributed by atoms with Crippen LogP contribution in [0.15, 0.2) is 54.6 Å². The van der Waals surface area contributed by atoms with Gasteiger partial charge < -0.3 is 26.6 Å². The Morgan fingerprint density at radius 2 is 1.50 bits per heavy atom. The number of amides is 2. The highest BCUT2D eigenvalue weighted by Gasteiger charge is 2.28. The van der Waals surface area contributed by atoms with Crippen molar-refractivity contribution in [2.75, 3.05) is 11.5 Å². The largest absolute Gasteiger partial charge is 0.508 e. The minimum Gasteiger partial charge on any atom is -0.508 e. The molecule has 6 N–H and O–H groups in total. The van der Waals surface area contributed by atoms with Crippen LogP contribution in [0, 0.1) is 0 Å². The van der Waals surface area contributed by atoms with Crippen molar-refractivity contribution in [2.45, 2.75) is 37.9 Å². The molecule has 0 heterocycles. The van der Waals surface area contributed by atoms with Gasteiger partial charge in [0.2, 0.25) is 11.8 Å². The van der Waals surface area contributed by atoms with E-state index in [0.29, 0.717) is 0 Å². The highest BCUT2D eigenvalue weighted by atomic mass is 32.2. The standard InChI is InChI=1S/C23H29N3O5S/c1-2-32-14-20(26-21(28)18(24)12-16-8-10-17(27)11-9-16)22(29)25-19(23(30)31)13-15-6-4-3-5-7-15/h3-11,18-20,27H,2,12-14,24H2,1H3,(H,25,29)(H,26,28)(H,30,31)/t18-,19-,20-/m0/s1. The molecular formula is C23H29N3O5S. The van der Waals surface area contributed by atoms with Gasteiger partial charge in [-0.15, -0.1) is 0 Å². The maximum absolute atomic E-state index is 12.8. The third kappa shape index (κ3) is 8.24. The summed E-state index contributed by atoms with van der Waals surface area (Å²) in [5.41, 5.74) is 7.55. The first-order valence-electron chi connectivity index (χ1n) is 10.3. The molecule has 0 saturated carbocycles. The van der Waals surface area contributed by atoms with Crippen LogP contribution in [0.3, 0.4) is 0 Å². The van der Waals surface area contributed by atoms with Crippen molar-refractivity contribution in [3.8, 4) is 5.75 Å². The van der Waals surface area contributed by atoms with E-state index in [1.807, 2.05) is 13.0 Å². The van der Waals surface area contributed by atoms with Crippen LogP contribution in [0.25, 0.3) is 0 Å². The summed E-state index contributed by atoms with van der Waals surface area (Å²) in [4.78, 5) is 37.1. The summed E-state index contributed by atoms with van der Waals surface area (Å²) < 4.78 is 0. The molecule has 32 heavy (non-hydrogen) atoms. The van der Waals surface area contributed by atoms with Crippen LogP contribution < -0.4 is 16.4 Å². The van der Waals surface area contributed by atoms with Gasteiger partial charge in [0.15, 0.2) is 0 Å². The second-order valence-electron chi connectivity index (χ2n) is 7.29. The lowest BCUT2D eigenvalue weighted by molar-refractivity contribution is -0.142. The van der Waals surface area contributed by atoms with Crippen LogP contribution in [0.4, 0.5) is 0 Å². The van der Waals surface area contributed by atoms with Gasteiger partial charge in [-0.3, -0.25) is 9.59 Å². The van der Waals surface area contributed by atoms with Crippen LogP contribution in [0.1, 0.15) is 18.1 Å². The maximum Gasteiger partial charge on any atom is 0.326 e. The van der Waals surface area contributed by atoms with Crippen molar-refractivity contribution in [3.63, 3.8) is 0 Å². The zero-order valence-electron chi connectivity index (χ0n) is 17.9. The van der Waals surface area contributed by atoms with Crippen molar-refractivity contribution in [2.24, 2.45) is 5.73 Å². The molecule has 2 amide bonds. The van der Waals surface area contributed by atoms with E-state index in [2.05, 4.69) is 10.6 Å². The number of hydrogen-bond acceptors (Lipinski definition) is 6. The zero-order chi connectivity index (χ0) is 23.5. The normalized spacial score (nSPS) is 13.6. The summed E-state index contributed by atoms with van der Waals surface area (Å²) >= 11 is 1.45. The molecule has 0 unspecified atom stereocenters. The number of aromatic hydroxyl groups is 1. The molecule has 0 aliphatic heterocycles. The molecule has 2 rings (SSSR count). The smallest absolute Gasteiger partial charge is 0.326 e. The van der Waals surface area contributed by atoms with Crippen LogP contribution >= 0.6 is 11.8 Å². The van der Waals surface area contributed by atoms with Crippen molar-refractivity contribution < 1.29 is 24.6 Å². The summed E-state index contributed by atoms with van der Waals surface area (Å²) in [5, 5.41) is 24.1. The number of carbonyl (C=O) groups excluding carboxylic acids is 2. The summed E-state index contributed by atoms with van der Waals surface area (Å²) in [6.07, 6.45) is 0.358. The van der Waals surface area contributed by atoms with Crippen LogP contribution in [-0.2, 0) is 27.2 Å². The molecule has 0 radical (unpaired) electrons. The number of phenols is 1. The van der Waals surface area contributed by atoms with Crippen LogP contribution in [-0.4, -0.2) is 57.6 Å². The molecule has 0 aliphatic rings. The van der Waals surface area contributed by atoms with E-state index >= 15 is 0 Å². The summed E-state index contributed by atoms with van der Waals surface area (Å²) in [6, 6.07) is 12.4. The number of nitrogens with two attached hydrogens (primary N) is 1. The third-order valence-corrected chi connectivity index (χ3v) is 5.72. The van der Waals surface area contributed by atoms with Gasteiger partial charge in [-0.2, -0.15) is 11.8 Å². The number of thioether (sulfide) groups is 1. The number of benzene rings is 2. The summed E-state index contributed by atoms with van der Waals surface area (Å²) in [7, 11) is 0. The molecule has 0 aromatic heterocycles. The minimum atomic E-state index is -1.15. The Morgan fingerprint density at radius 1 is 0.906 bits per heavy atom. The monoisotopic (exact) mass is 459 g/mol. The first-order valence-corrected chi connectivity index (χ1v) is 11.4. The molecule has 8 nitrogen and oxygen atoms in total. The van der Waals surface area contributed by atoms with E-state index in [-0.39, 0.29) is 24.3 Å². The van der Waals surface area contributed by atoms with Crippen molar-refractivity contribution in [1.29, 1.82) is 0 Å². The quantitative estimate of drug-likeness (QED) is 0.322. The van der Waals surface area contributed by atoms with Gasteiger partial charge in [0.25, 0.3) is 0 Å². The van der Waals surface area contributed by atoms with Gasteiger partial charge in [-0.25, -0.2) is 4.79 Å². The number of carboxylic acids is 1.